The normalized spacial score (nSPS) is 11.2. The van der Waals surface area contributed by atoms with Gasteiger partial charge in [0.25, 0.3) is 0 Å². The molecular formula is C16H17F2N3O2S. The highest BCUT2D eigenvalue weighted by Crippen LogP contribution is 2.28. The SMILES string of the molecule is CCCCS(=O)(=O)Nc1cc(F)c(-c2ccc(CC#N)[nH]2)cc1F. The smallest absolute Gasteiger partial charge is 0.232 e. The molecule has 128 valence electrons. The molecule has 0 saturated heterocycles. The van der Waals surface area contributed by atoms with Crippen LogP contribution in [0.4, 0.5) is 14.5 Å². The summed E-state index contributed by atoms with van der Waals surface area (Å²) in [5.41, 5.74) is 0.443. The number of hydrogen-bond donors (Lipinski definition) is 2. The molecule has 0 aliphatic rings. The van der Waals surface area contributed by atoms with Crippen LogP contribution in [-0.4, -0.2) is 19.2 Å². The number of H-pyrrole nitrogens is 1. The van der Waals surface area contributed by atoms with E-state index in [2.05, 4.69) is 9.71 Å². The van der Waals surface area contributed by atoms with E-state index in [-0.39, 0.29) is 17.7 Å². The summed E-state index contributed by atoms with van der Waals surface area (Å²) in [4.78, 5) is 2.83. The van der Waals surface area contributed by atoms with E-state index in [9.17, 15) is 17.2 Å². The molecule has 0 saturated carbocycles. The minimum absolute atomic E-state index is 0.0341. The van der Waals surface area contributed by atoms with Crippen LogP contribution in [0.3, 0.4) is 0 Å². The lowest BCUT2D eigenvalue weighted by atomic mass is 10.1. The van der Waals surface area contributed by atoms with Gasteiger partial charge in [0.1, 0.15) is 11.6 Å². The van der Waals surface area contributed by atoms with Crippen molar-refractivity contribution in [2.45, 2.75) is 26.2 Å². The zero-order valence-electron chi connectivity index (χ0n) is 13.1. The Morgan fingerprint density at radius 2 is 2.00 bits per heavy atom. The fourth-order valence-electron chi connectivity index (χ4n) is 2.17. The van der Waals surface area contributed by atoms with E-state index in [0.717, 1.165) is 12.1 Å². The maximum Gasteiger partial charge on any atom is 0.232 e. The molecule has 0 atom stereocenters. The molecule has 0 radical (unpaired) electrons. The number of halogens is 2. The summed E-state index contributed by atoms with van der Waals surface area (Å²) in [6, 6.07) is 6.84. The molecule has 0 amide bonds. The van der Waals surface area contributed by atoms with Gasteiger partial charge in [-0.2, -0.15) is 5.26 Å². The second kappa shape index (κ2) is 7.45. The molecule has 2 rings (SSSR count). The molecule has 2 aromatic rings. The van der Waals surface area contributed by atoms with Gasteiger partial charge in [0.15, 0.2) is 0 Å². The van der Waals surface area contributed by atoms with E-state index in [1.807, 2.05) is 13.0 Å². The van der Waals surface area contributed by atoms with Crippen LogP contribution in [0.1, 0.15) is 25.5 Å². The molecule has 0 spiro atoms. The molecule has 2 N–H and O–H groups in total. The van der Waals surface area contributed by atoms with Crippen molar-refractivity contribution in [1.29, 1.82) is 5.26 Å². The van der Waals surface area contributed by atoms with Crippen molar-refractivity contribution in [3.8, 4) is 17.3 Å². The van der Waals surface area contributed by atoms with Crippen molar-refractivity contribution >= 4 is 15.7 Å². The van der Waals surface area contributed by atoms with Crippen LogP contribution in [0.25, 0.3) is 11.3 Å². The summed E-state index contributed by atoms with van der Waals surface area (Å²) in [5.74, 6) is -1.79. The minimum atomic E-state index is -3.72. The first-order valence-electron chi connectivity index (χ1n) is 7.41. The van der Waals surface area contributed by atoms with Gasteiger partial charge >= 0.3 is 0 Å². The molecule has 0 fully saturated rings. The Labute approximate surface area is 139 Å². The molecule has 0 aliphatic carbocycles. The fourth-order valence-corrected chi connectivity index (χ4v) is 3.43. The number of rotatable bonds is 7. The first kappa shape index (κ1) is 17.9. The lowest BCUT2D eigenvalue weighted by Gasteiger charge is -2.10. The summed E-state index contributed by atoms with van der Waals surface area (Å²) >= 11 is 0. The van der Waals surface area contributed by atoms with Gasteiger partial charge in [-0.1, -0.05) is 13.3 Å². The first-order chi connectivity index (χ1) is 11.4. The van der Waals surface area contributed by atoms with E-state index >= 15 is 0 Å². The third kappa shape index (κ3) is 4.32. The molecule has 0 aliphatic heterocycles. The van der Waals surface area contributed by atoms with Crippen LogP contribution >= 0.6 is 0 Å². The number of sulfonamides is 1. The van der Waals surface area contributed by atoms with Gasteiger partial charge in [0.05, 0.1) is 23.9 Å². The maximum atomic E-state index is 14.3. The zero-order chi connectivity index (χ0) is 17.7. The van der Waals surface area contributed by atoms with Crippen molar-refractivity contribution < 1.29 is 17.2 Å². The third-order valence-electron chi connectivity index (χ3n) is 3.39. The molecular weight excluding hydrogens is 336 g/mol. The van der Waals surface area contributed by atoms with Gasteiger partial charge < -0.3 is 4.98 Å². The quantitative estimate of drug-likeness (QED) is 0.798. The Balaban J connectivity index is 2.29. The topological polar surface area (TPSA) is 85.8 Å². The standard InChI is InChI=1S/C16H17F2N3O2S/c1-2-3-8-24(22,23)21-16-10-13(17)12(9-14(16)18)15-5-4-11(20-15)6-7-19/h4-5,9-10,20-21H,2-3,6,8H2,1H3. The van der Waals surface area contributed by atoms with Crippen molar-refractivity contribution in [2.24, 2.45) is 0 Å². The number of nitrogens with one attached hydrogen (secondary N) is 2. The second-order valence-electron chi connectivity index (χ2n) is 5.32. The molecule has 0 unspecified atom stereocenters. The van der Waals surface area contributed by atoms with Gasteiger partial charge in [-0.3, -0.25) is 4.72 Å². The van der Waals surface area contributed by atoms with E-state index in [1.54, 1.807) is 6.07 Å². The Kier molecular flexibility index (Phi) is 5.57. The molecule has 1 aromatic carbocycles. The molecule has 8 heteroatoms. The second-order valence-corrected chi connectivity index (χ2v) is 7.16. The van der Waals surface area contributed by atoms with Crippen LogP contribution in [0.15, 0.2) is 24.3 Å². The number of hydrogen-bond acceptors (Lipinski definition) is 3. The lowest BCUT2D eigenvalue weighted by molar-refractivity contribution is 0.593. The minimum Gasteiger partial charge on any atom is -0.357 e. The predicted molar refractivity (Wildman–Crippen MR) is 87.8 cm³/mol. The van der Waals surface area contributed by atoms with Crippen molar-refractivity contribution in [3.05, 3.63) is 41.6 Å². The average Bonchev–Trinajstić information content (AvgIpc) is 2.97. The summed E-state index contributed by atoms with van der Waals surface area (Å²) in [6.45, 7) is 1.83. The van der Waals surface area contributed by atoms with Crippen LogP contribution < -0.4 is 4.72 Å². The monoisotopic (exact) mass is 353 g/mol. The highest BCUT2D eigenvalue weighted by Gasteiger charge is 2.17. The Morgan fingerprint density at radius 1 is 1.25 bits per heavy atom. The number of unbranched alkanes of at least 4 members (excludes halogenated alkanes) is 1. The molecule has 0 bridgehead atoms. The highest BCUT2D eigenvalue weighted by molar-refractivity contribution is 7.92. The Bertz CT molecular complexity index is 870. The van der Waals surface area contributed by atoms with Crippen molar-refractivity contribution in [2.75, 3.05) is 10.5 Å². The molecule has 1 heterocycles. The predicted octanol–water partition coefficient (Wildman–Crippen LogP) is 3.57. The van der Waals surface area contributed by atoms with Crippen LogP contribution in [0.2, 0.25) is 0 Å². The van der Waals surface area contributed by atoms with Crippen LogP contribution in [0.5, 0.6) is 0 Å². The van der Waals surface area contributed by atoms with Crippen LogP contribution in [-0.2, 0) is 16.4 Å². The third-order valence-corrected chi connectivity index (χ3v) is 4.75. The lowest BCUT2D eigenvalue weighted by Crippen LogP contribution is -2.17. The van der Waals surface area contributed by atoms with Gasteiger partial charge in [0.2, 0.25) is 10.0 Å². The summed E-state index contributed by atoms with van der Waals surface area (Å²) < 4.78 is 54.1. The number of aromatic amines is 1. The summed E-state index contributed by atoms with van der Waals surface area (Å²) in [5, 5.41) is 8.64. The van der Waals surface area contributed by atoms with Crippen LogP contribution in [0, 0.1) is 23.0 Å². The summed E-state index contributed by atoms with van der Waals surface area (Å²) in [7, 11) is -3.72. The van der Waals surface area contributed by atoms with Gasteiger partial charge in [-0.05, 0) is 24.6 Å². The van der Waals surface area contributed by atoms with Crippen molar-refractivity contribution in [1.82, 2.24) is 4.98 Å². The van der Waals surface area contributed by atoms with Gasteiger partial charge in [0, 0.05) is 23.0 Å². The van der Waals surface area contributed by atoms with Gasteiger partial charge in [-0.15, -0.1) is 0 Å². The highest BCUT2D eigenvalue weighted by atomic mass is 32.2. The first-order valence-corrected chi connectivity index (χ1v) is 9.06. The number of anilines is 1. The van der Waals surface area contributed by atoms with E-state index < -0.39 is 27.3 Å². The molecule has 24 heavy (non-hydrogen) atoms. The van der Waals surface area contributed by atoms with Crippen molar-refractivity contribution in [3.63, 3.8) is 0 Å². The van der Waals surface area contributed by atoms with E-state index in [4.69, 9.17) is 5.26 Å². The Morgan fingerprint density at radius 3 is 2.67 bits per heavy atom. The molecule has 1 aromatic heterocycles. The average molecular weight is 353 g/mol. The van der Waals surface area contributed by atoms with Gasteiger partial charge in [-0.25, -0.2) is 17.2 Å². The number of nitriles is 1. The molecule has 5 nitrogen and oxygen atoms in total. The number of benzene rings is 1. The zero-order valence-corrected chi connectivity index (χ0v) is 13.9. The fraction of sp³-hybridized carbons (Fsp3) is 0.312. The Hall–Kier alpha value is -2.40. The number of nitrogens with zero attached hydrogens (tertiary/aromatic N) is 1. The number of aromatic nitrogens is 1. The van der Waals surface area contributed by atoms with E-state index in [1.165, 1.54) is 6.07 Å². The summed E-state index contributed by atoms with van der Waals surface area (Å²) in [6.07, 6.45) is 1.23. The van der Waals surface area contributed by atoms with E-state index in [0.29, 0.717) is 24.2 Å². The largest absolute Gasteiger partial charge is 0.357 e. The maximum absolute atomic E-state index is 14.3.